The van der Waals surface area contributed by atoms with Crippen LogP contribution in [0.3, 0.4) is 0 Å². The Morgan fingerprint density at radius 2 is 0.932 bits per heavy atom. The summed E-state index contributed by atoms with van der Waals surface area (Å²) in [6, 6.07) is 47.3. The average molecular weight is 565 g/mol. The van der Waals surface area contributed by atoms with Gasteiger partial charge in [-0.2, -0.15) is 0 Å². The molecule has 6 aromatic carbocycles. The molecule has 0 saturated carbocycles. The summed E-state index contributed by atoms with van der Waals surface area (Å²) in [4.78, 5) is 0. The van der Waals surface area contributed by atoms with Crippen molar-refractivity contribution in [2.45, 2.75) is 12.8 Å². The van der Waals surface area contributed by atoms with Gasteiger partial charge in [0.2, 0.25) is 0 Å². The molecule has 0 radical (unpaired) electrons. The van der Waals surface area contributed by atoms with E-state index in [1.807, 2.05) is 6.07 Å². The number of benzene rings is 6. The van der Waals surface area contributed by atoms with Crippen LogP contribution in [-0.4, -0.2) is 0 Å². The molecular weight excluding hydrogens is 536 g/mol. The molecule has 0 fully saturated rings. The first-order chi connectivity index (χ1) is 21.8. The van der Waals surface area contributed by atoms with Gasteiger partial charge in [0.05, 0.1) is 0 Å². The van der Waals surface area contributed by atoms with Crippen LogP contribution in [0.1, 0.15) is 24.0 Å². The van der Waals surface area contributed by atoms with Crippen molar-refractivity contribution < 1.29 is 8.83 Å². The lowest BCUT2D eigenvalue weighted by atomic mass is 9.90. The van der Waals surface area contributed by atoms with E-state index in [9.17, 15) is 0 Å². The van der Waals surface area contributed by atoms with Crippen LogP contribution in [0.2, 0.25) is 0 Å². The van der Waals surface area contributed by atoms with Crippen molar-refractivity contribution in [2.75, 3.05) is 0 Å². The van der Waals surface area contributed by atoms with Crippen LogP contribution in [0.25, 0.3) is 77.3 Å². The van der Waals surface area contributed by atoms with Crippen LogP contribution in [0, 0.1) is 0 Å². The second-order valence-corrected chi connectivity index (χ2v) is 11.7. The SMILES string of the molecule is C1=C(c2ccc3oc4cc5oc6ccc(-c7cccc(-c8ccccc8)c7)cc6c5cc4c3c2)C=C(c2ccccc2)CC1. The van der Waals surface area contributed by atoms with E-state index in [1.165, 1.54) is 44.5 Å². The molecule has 9 rings (SSSR count). The summed E-state index contributed by atoms with van der Waals surface area (Å²) in [6.45, 7) is 0. The average Bonchev–Trinajstić information content (AvgIpc) is 3.64. The number of allylic oxidation sites excluding steroid dienone is 4. The summed E-state index contributed by atoms with van der Waals surface area (Å²) >= 11 is 0. The highest BCUT2D eigenvalue weighted by Gasteiger charge is 2.16. The van der Waals surface area contributed by atoms with Crippen molar-refractivity contribution in [1.82, 2.24) is 0 Å². The van der Waals surface area contributed by atoms with Gasteiger partial charge in [-0.1, -0.05) is 103 Å². The zero-order chi connectivity index (χ0) is 29.0. The number of fused-ring (bicyclic) bond motifs is 6. The van der Waals surface area contributed by atoms with Gasteiger partial charge >= 0.3 is 0 Å². The van der Waals surface area contributed by atoms with Crippen LogP contribution < -0.4 is 0 Å². The molecule has 2 heterocycles. The summed E-state index contributed by atoms with van der Waals surface area (Å²) in [6.07, 6.45) is 6.80. The lowest BCUT2D eigenvalue weighted by molar-refractivity contribution is 0.656. The fraction of sp³-hybridized carbons (Fsp3) is 0.0476. The number of hydrogen-bond acceptors (Lipinski definition) is 2. The van der Waals surface area contributed by atoms with E-state index in [-0.39, 0.29) is 0 Å². The van der Waals surface area contributed by atoms with Crippen LogP contribution >= 0.6 is 0 Å². The Bertz CT molecular complexity index is 2420. The Hall–Kier alpha value is -5.60. The second-order valence-electron chi connectivity index (χ2n) is 11.7. The molecule has 0 atom stereocenters. The van der Waals surface area contributed by atoms with E-state index in [2.05, 4.69) is 140 Å². The van der Waals surface area contributed by atoms with Crippen molar-refractivity contribution >= 4 is 55.0 Å². The maximum absolute atomic E-state index is 6.34. The summed E-state index contributed by atoms with van der Waals surface area (Å²) in [5.74, 6) is 0. The van der Waals surface area contributed by atoms with E-state index >= 15 is 0 Å². The predicted molar refractivity (Wildman–Crippen MR) is 183 cm³/mol. The molecule has 0 N–H and O–H groups in total. The van der Waals surface area contributed by atoms with Gasteiger partial charge in [-0.05, 0) is 93.8 Å². The first-order valence-corrected chi connectivity index (χ1v) is 15.2. The quantitative estimate of drug-likeness (QED) is 0.212. The van der Waals surface area contributed by atoms with E-state index < -0.39 is 0 Å². The normalized spacial score (nSPS) is 13.5. The van der Waals surface area contributed by atoms with Crippen molar-refractivity contribution in [2.24, 2.45) is 0 Å². The second kappa shape index (κ2) is 10.00. The van der Waals surface area contributed by atoms with Crippen LogP contribution in [-0.2, 0) is 0 Å². The highest BCUT2D eigenvalue weighted by atomic mass is 16.3. The third-order valence-corrected chi connectivity index (χ3v) is 8.95. The molecule has 0 spiro atoms. The molecule has 0 unspecified atom stereocenters. The van der Waals surface area contributed by atoms with Crippen LogP contribution in [0.15, 0.2) is 154 Å². The van der Waals surface area contributed by atoms with Crippen LogP contribution in [0.5, 0.6) is 0 Å². The maximum atomic E-state index is 6.34. The summed E-state index contributed by atoms with van der Waals surface area (Å²) < 4.78 is 12.7. The van der Waals surface area contributed by atoms with Gasteiger partial charge in [0.15, 0.2) is 0 Å². The summed E-state index contributed by atoms with van der Waals surface area (Å²) in [7, 11) is 0. The Kier molecular flexibility index (Phi) is 5.67. The fourth-order valence-corrected chi connectivity index (χ4v) is 6.70. The fourth-order valence-electron chi connectivity index (χ4n) is 6.70. The van der Waals surface area contributed by atoms with Crippen LogP contribution in [0.4, 0.5) is 0 Å². The largest absolute Gasteiger partial charge is 0.456 e. The van der Waals surface area contributed by atoms with E-state index in [4.69, 9.17) is 8.83 Å². The van der Waals surface area contributed by atoms with Crippen molar-refractivity contribution in [3.05, 3.63) is 157 Å². The van der Waals surface area contributed by atoms with E-state index in [0.29, 0.717) is 0 Å². The minimum atomic E-state index is 0.840. The summed E-state index contributed by atoms with van der Waals surface area (Å²) in [5.41, 5.74) is 13.4. The Morgan fingerprint density at radius 3 is 1.64 bits per heavy atom. The van der Waals surface area contributed by atoms with Gasteiger partial charge < -0.3 is 8.83 Å². The van der Waals surface area contributed by atoms with Gasteiger partial charge in [0.1, 0.15) is 22.3 Å². The molecule has 1 aliphatic rings. The number of rotatable bonds is 4. The standard InChI is InChI=1S/C42H28O2/c1-3-9-27(10-4-1)29-13-7-15-31(21-29)33-17-19-39-35(23-33)37-25-38-36-24-34(18-20-40(36)44-42(38)26-41(37)43-39)32-16-8-14-30(22-32)28-11-5-2-6-12-28/h1-7,9-13,15-26H,8,14H2. The minimum Gasteiger partial charge on any atom is -0.456 e. The molecule has 1 aliphatic carbocycles. The first kappa shape index (κ1) is 24.9. The monoisotopic (exact) mass is 564 g/mol. The molecule has 0 bridgehead atoms. The molecule has 8 aromatic rings. The molecule has 208 valence electrons. The van der Waals surface area contributed by atoms with Gasteiger partial charge in [0, 0.05) is 27.6 Å². The van der Waals surface area contributed by atoms with Gasteiger partial charge in [-0.3, -0.25) is 0 Å². The van der Waals surface area contributed by atoms with Gasteiger partial charge in [0.25, 0.3) is 0 Å². The molecule has 2 heteroatoms. The van der Waals surface area contributed by atoms with Crippen molar-refractivity contribution in [3.8, 4) is 22.3 Å². The van der Waals surface area contributed by atoms with Gasteiger partial charge in [-0.25, -0.2) is 0 Å². The minimum absolute atomic E-state index is 0.840. The highest BCUT2D eigenvalue weighted by molar-refractivity contribution is 6.16. The first-order valence-electron chi connectivity index (χ1n) is 15.2. The van der Waals surface area contributed by atoms with E-state index in [0.717, 1.165) is 56.7 Å². The number of furan rings is 2. The molecule has 2 nitrogen and oxygen atoms in total. The summed E-state index contributed by atoms with van der Waals surface area (Å²) in [5, 5.41) is 4.45. The van der Waals surface area contributed by atoms with Crippen molar-refractivity contribution in [3.63, 3.8) is 0 Å². The Morgan fingerprint density at radius 1 is 0.386 bits per heavy atom. The molecule has 0 amide bonds. The van der Waals surface area contributed by atoms with E-state index in [1.54, 1.807) is 0 Å². The molecule has 0 aliphatic heterocycles. The molecule has 0 saturated heterocycles. The zero-order valence-corrected chi connectivity index (χ0v) is 24.1. The Labute approximate surface area is 255 Å². The molecular formula is C42H28O2. The predicted octanol–water partition coefficient (Wildman–Crippen LogP) is 12.1. The van der Waals surface area contributed by atoms with Crippen molar-refractivity contribution in [1.29, 1.82) is 0 Å². The lowest BCUT2D eigenvalue weighted by Gasteiger charge is -2.14. The topological polar surface area (TPSA) is 26.3 Å². The smallest absolute Gasteiger partial charge is 0.139 e. The molecule has 2 aromatic heterocycles. The molecule has 44 heavy (non-hydrogen) atoms. The number of hydrogen-bond donors (Lipinski definition) is 0. The Balaban J connectivity index is 1.15. The maximum Gasteiger partial charge on any atom is 0.139 e. The lowest BCUT2D eigenvalue weighted by Crippen LogP contribution is -1.92. The third-order valence-electron chi connectivity index (χ3n) is 8.95. The third kappa shape index (κ3) is 4.19. The van der Waals surface area contributed by atoms with Gasteiger partial charge in [-0.15, -0.1) is 0 Å². The zero-order valence-electron chi connectivity index (χ0n) is 24.1. The highest BCUT2D eigenvalue weighted by Crippen LogP contribution is 2.40.